The Morgan fingerprint density at radius 2 is 2.29 bits per heavy atom. The minimum atomic E-state index is 0.215. The van der Waals surface area contributed by atoms with E-state index in [4.69, 9.17) is 0 Å². The van der Waals surface area contributed by atoms with Gasteiger partial charge in [-0.25, -0.2) is 0 Å². The smallest absolute Gasteiger partial charge is 0.220 e. The monoisotopic (exact) mass is 252 g/mol. The molecule has 0 radical (unpaired) electrons. The third-order valence-electron chi connectivity index (χ3n) is 2.83. The number of thiophene rings is 1. The Kier molecular flexibility index (Phi) is 5.01. The van der Waals surface area contributed by atoms with Gasteiger partial charge in [-0.3, -0.25) is 4.79 Å². The predicted octanol–water partition coefficient (Wildman–Crippen LogP) is 1.94. The molecule has 3 nitrogen and oxygen atoms in total. The van der Waals surface area contributed by atoms with Gasteiger partial charge in [-0.1, -0.05) is 6.07 Å². The fourth-order valence-electron chi connectivity index (χ4n) is 1.69. The van der Waals surface area contributed by atoms with Crippen LogP contribution in [0, 0.1) is 0 Å². The van der Waals surface area contributed by atoms with Gasteiger partial charge in [0.1, 0.15) is 0 Å². The Bertz CT molecular complexity index is 333. The summed E-state index contributed by atoms with van der Waals surface area (Å²) in [7, 11) is 0. The van der Waals surface area contributed by atoms with Gasteiger partial charge in [0.2, 0.25) is 5.91 Å². The lowest BCUT2D eigenvalue weighted by molar-refractivity contribution is -0.121. The first-order valence-electron chi connectivity index (χ1n) is 6.37. The Hall–Kier alpha value is -0.870. The standard InChI is InChI=1S/C13H20N2OS/c16-13(15-11-5-6-11)4-1-8-14-9-7-12-3-2-10-17-12/h2-3,10-11,14H,1,4-9H2,(H,15,16). The SMILES string of the molecule is O=C(CCCNCCc1cccs1)NC1CC1. The lowest BCUT2D eigenvalue weighted by Gasteiger charge is -2.04. The van der Waals surface area contributed by atoms with Crippen molar-refractivity contribution in [1.82, 2.24) is 10.6 Å². The van der Waals surface area contributed by atoms with Crippen molar-refractivity contribution in [1.29, 1.82) is 0 Å². The van der Waals surface area contributed by atoms with Crippen LogP contribution < -0.4 is 10.6 Å². The molecule has 1 amide bonds. The summed E-state index contributed by atoms with van der Waals surface area (Å²) in [6.45, 7) is 1.94. The highest BCUT2D eigenvalue weighted by Crippen LogP contribution is 2.18. The molecule has 0 bridgehead atoms. The van der Waals surface area contributed by atoms with Crippen LogP contribution in [0.5, 0.6) is 0 Å². The summed E-state index contributed by atoms with van der Waals surface area (Å²) in [5.74, 6) is 0.215. The van der Waals surface area contributed by atoms with Crippen LogP contribution in [0.25, 0.3) is 0 Å². The third kappa shape index (κ3) is 5.33. The minimum Gasteiger partial charge on any atom is -0.353 e. The second kappa shape index (κ2) is 6.77. The lowest BCUT2D eigenvalue weighted by atomic mass is 10.3. The molecule has 2 rings (SSSR count). The van der Waals surface area contributed by atoms with Crippen LogP contribution in [0.2, 0.25) is 0 Å². The topological polar surface area (TPSA) is 41.1 Å². The van der Waals surface area contributed by atoms with E-state index in [1.54, 1.807) is 11.3 Å². The first kappa shape index (κ1) is 12.6. The number of hydrogen-bond acceptors (Lipinski definition) is 3. The molecule has 0 aromatic carbocycles. The number of amides is 1. The van der Waals surface area contributed by atoms with E-state index in [1.165, 1.54) is 17.7 Å². The van der Waals surface area contributed by atoms with Crippen molar-refractivity contribution in [3.8, 4) is 0 Å². The molecule has 1 fully saturated rings. The quantitative estimate of drug-likeness (QED) is 0.694. The van der Waals surface area contributed by atoms with Crippen LogP contribution in [-0.2, 0) is 11.2 Å². The average Bonchev–Trinajstić information content (AvgIpc) is 2.96. The molecule has 4 heteroatoms. The third-order valence-corrected chi connectivity index (χ3v) is 3.76. The zero-order chi connectivity index (χ0) is 11.9. The molecule has 0 unspecified atom stereocenters. The van der Waals surface area contributed by atoms with E-state index < -0.39 is 0 Å². The number of carbonyl (C=O) groups is 1. The highest BCUT2D eigenvalue weighted by molar-refractivity contribution is 7.09. The molecule has 0 aliphatic heterocycles. The van der Waals surface area contributed by atoms with Gasteiger partial charge < -0.3 is 10.6 Å². The normalized spacial score (nSPS) is 14.8. The molecule has 1 aliphatic rings. The van der Waals surface area contributed by atoms with Gasteiger partial charge in [0.15, 0.2) is 0 Å². The number of rotatable bonds is 8. The van der Waals surface area contributed by atoms with Crippen molar-refractivity contribution in [2.45, 2.75) is 38.1 Å². The van der Waals surface area contributed by atoms with Crippen LogP contribution in [-0.4, -0.2) is 25.0 Å². The van der Waals surface area contributed by atoms with E-state index in [1.807, 2.05) is 0 Å². The molecule has 1 aromatic heterocycles. The predicted molar refractivity (Wildman–Crippen MR) is 71.3 cm³/mol. The zero-order valence-electron chi connectivity index (χ0n) is 10.1. The van der Waals surface area contributed by atoms with Gasteiger partial charge in [0.05, 0.1) is 0 Å². The van der Waals surface area contributed by atoms with Crippen molar-refractivity contribution in [3.05, 3.63) is 22.4 Å². The van der Waals surface area contributed by atoms with Gasteiger partial charge in [0, 0.05) is 17.3 Å². The second-order valence-electron chi connectivity index (χ2n) is 4.52. The fraction of sp³-hybridized carbons (Fsp3) is 0.615. The first-order chi connectivity index (χ1) is 8.34. The molecule has 2 N–H and O–H groups in total. The molecule has 1 heterocycles. The summed E-state index contributed by atoms with van der Waals surface area (Å²) < 4.78 is 0. The molecule has 0 atom stereocenters. The summed E-state index contributed by atoms with van der Waals surface area (Å²) in [6, 6.07) is 4.74. The molecule has 1 aliphatic carbocycles. The van der Waals surface area contributed by atoms with Gasteiger partial charge in [-0.2, -0.15) is 0 Å². The van der Waals surface area contributed by atoms with Gasteiger partial charge in [-0.15, -0.1) is 11.3 Å². The minimum absolute atomic E-state index is 0.215. The maximum absolute atomic E-state index is 11.4. The largest absolute Gasteiger partial charge is 0.353 e. The van der Waals surface area contributed by atoms with E-state index in [-0.39, 0.29) is 5.91 Å². The Labute approximate surface area is 107 Å². The molecular formula is C13H20N2OS. The Morgan fingerprint density at radius 3 is 3.00 bits per heavy atom. The van der Waals surface area contributed by atoms with Crippen molar-refractivity contribution >= 4 is 17.2 Å². The molecule has 17 heavy (non-hydrogen) atoms. The lowest BCUT2D eigenvalue weighted by Crippen LogP contribution is -2.26. The Morgan fingerprint density at radius 1 is 1.41 bits per heavy atom. The van der Waals surface area contributed by atoms with Gasteiger partial charge in [0.25, 0.3) is 0 Å². The maximum atomic E-state index is 11.4. The van der Waals surface area contributed by atoms with Crippen molar-refractivity contribution in [3.63, 3.8) is 0 Å². The van der Waals surface area contributed by atoms with E-state index >= 15 is 0 Å². The fourth-order valence-corrected chi connectivity index (χ4v) is 2.40. The highest BCUT2D eigenvalue weighted by atomic mass is 32.1. The Balaban J connectivity index is 1.42. The van der Waals surface area contributed by atoms with Crippen molar-refractivity contribution in [2.24, 2.45) is 0 Å². The molecule has 94 valence electrons. The average molecular weight is 252 g/mol. The molecule has 1 saturated carbocycles. The highest BCUT2D eigenvalue weighted by Gasteiger charge is 2.22. The van der Waals surface area contributed by atoms with E-state index in [9.17, 15) is 4.79 Å². The summed E-state index contributed by atoms with van der Waals surface area (Å²) in [6.07, 6.45) is 5.02. The van der Waals surface area contributed by atoms with Crippen molar-refractivity contribution in [2.75, 3.05) is 13.1 Å². The van der Waals surface area contributed by atoms with Crippen LogP contribution in [0.4, 0.5) is 0 Å². The summed E-state index contributed by atoms with van der Waals surface area (Å²) in [5, 5.41) is 8.49. The van der Waals surface area contributed by atoms with E-state index in [2.05, 4.69) is 28.1 Å². The zero-order valence-corrected chi connectivity index (χ0v) is 10.9. The summed E-state index contributed by atoms with van der Waals surface area (Å²) in [5.41, 5.74) is 0. The van der Waals surface area contributed by atoms with Crippen LogP contribution in [0.15, 0.2) is 17.5 Å². The van der Waals surface area contributed by atoms with Crippen LogP contribution >= 0.6 is 11.3 Å². The molecule has 0 spiro atoms. The number of nitrogens with one attached hydrogen (secondary N) is 2. The van der Waals surface area contributed by atoms with E-state index in [0.717, 1.165) is 25.9 Å². The van der Waals surface area contributed by atoms with Crippen LogP contribution in [0.3, 0.4) is 0 Å². The number of hydrogen-bond donors (Lipinski definition) is 2. The summed E-state index contributed by atoms with van der Waals surface area (Å²) >= 11 is 1.80. The molecular weight excluding hydrogens is 232 g/mol. The van der Waals surface area contributed by atoms with Gasteiger partial charge >= 0.3 is 0 Å². The van der Waals surface area contributed by atoms with Gasteiger partial charge in [-0.05, 0) is 50.2 Å². The van der Waals surface area contributed by atoms with Crippen LogP contribution in [0.1, 0.15) is 30.6 Å². The van der Waals surface area contributed by atoms with Crippen molar-refractivity contribution < 1.29 is 4.79 Å². The maximum Gasteiger partial charge on any atom is 0.220 e. The molecule has 0 saturated heterocycles. The molecule has 1 aromatic rings. The number of carbonyl (C=O) groups excluding carboxylic acids is 1. The second-order valence-corrected chi connectivity index (χ2v) is 5.56. The summed E-state index contributed by atoms with van der Waals surface area (Å²) in [4.78, 5) is 12.8. The first-order valence-corrected chi connectivity index (χ1v) is 7.25. The van der Waals surface area contributed by atoms with E-state index in [0.29, 0.717) is 12.5 Å².